The Morgan fingerprint density at radius 3 is 2.60 bits per heavy atom. The number of hydrogen-bond acceptors (Lipinski definition) is 6. The van der Waals surface area contributed by atoms with Crippen molar-refractivity contribution < 1.29 is 4.92 Å². The van der Waals surface area contributed by atoms with Crippen molar-refractivity contribution in [2.45, 2.75) is 26.2 Å². The van der Waals surface area contributed by atoms with Crippen LogP contribution >= 0.6 is 0 Å². The Bertz CT molecular complexity index is 715. The van der Waals surface area contributed by atoms with Crippen molar-refractivity contribution in [2.75, 3.05) is 29.9 Å². The monoisotopic (exact) mass is 341 g/mol. The molecule has 1 aromatic heterocycles. The highest BCUT2D eigenvalue weighted by Crippen LogP contribution is 2.34. The van der Waals surface area contributed by atoms with Crippen molar-refractivity contribution in [3.63, 3.8) is 0 Å². The van der Waals surface area contributed by atoms with Gasteiger partial charge in [0.15, 0.2) is 0 Å². The van der Waals surface area contributed by atoms with Crippen molar-refractivity contribution in [1.82, 2.24) is 9.97 Å². The molecule has 0 unspecified atom stereocenters. The molecule has 0 saturated carbocycles. The number of anilines is 2. The van der Waals surface area contributed by atoms with Crippen LogP contribution in [-0.2, 0) is 6.42 Å². The Kier molecular flexibility index (Phi) is 5.42. The average molecular weight is 341 g/mol. The van der Waals surface area contributed by atoms with Crippen LogP contribution in [0.25, 0.3) is 0 Å². The number of nitrogens with one attached hydrogen (secondary N) is 1. The smallest absolute Gasteiger partial charge is 0.353 e. The zero-order chi connectivity index (χ0) is 17.6. The Balaban J connectivity index is 1.70. The topological polar surface area (TPSA) is 84.2 Å². The lowest BCUT2D eigenvalue weighted by Gasteiger charge is -2.32. The summed E-state index contributed by atoms with van der Waals surface area (Å²) in [4.78, 5) is 21.4. The van der Waals surface area contributed by atoms with Crippen LogP contribution in [0, 0.1) is 16.0 Å². The van der Waals surface area contributed by atoms with Crippen LogP contribution in [0.5, 0.6) is 0 Å². The first kappa shape index (κ1) is 17.1. The minimum absolute atomic E-state index is 0.0224. The molecule has 7 nitrogen and oxygen atoms in total. The predicted molar refractivity (Wildman–Crippen MR) is 97.9 cm³/mol. The van der Waals surface area contributed by atoms with E-state index >= 15 is 0 Å². The Labute approximate surface area is 147 Å². The zero-order valence-corrected chi connectivity index (χ0v) is 14.4. The van der Waals surface area contributed by atoms with E-state index in [1.165, 1.54) is 11.9 Å². The van der Waals surface area contributed by atoms with Crippen LogP contribution in [0.4, 0.5) is 17.3 Å². The number of benzene rings is 1. The molecular formula is C18H23N5O2. The molecule has 2 aromatic rings. The van der Waals surface area contributed by atoms with E-state index < -0.39 is 0 Å². The van der Waals surface area contributed by atoms with E-state index in [0.717, 1.165) is 32.4 Å². The molecule has 0 atom stereocenters. The molecule has 0 radical (unpaired) electrons. The van der Waals surface area contributed by atoms with Gasteiger partial charge >= 0.3 is 5.69 Å². The molecule has 1 aliphatic heterocycles. The quantitative estimate of drug-likeness (QED) is 0.641. The maximum Gasteiger partial charge on any atom is 0.353 e. The first-order valence-electron chi connectivity index (χ1n) is 8.71. The molecule has 0 bridgehead atoms. The summed E-state index contributed by atoms with van der Waals surface area (Å²) in [6.07, 6.45) is 4.47. The van der Waals surface area contributed by atoms with Crippen molar-refractivity contribution in [3.05, 3.63) is 52.3 Å². The highest BCUT2D eigenvalue weighted by molar-refractivity contribution is 5.70. The lowest BCUT2D eigenvalue weighted by atomic mass is 9.90. The van der Waals surface area contributed by atoms with Gasteiger partial charge in [0, 0.05) is 19.6 Å². The fourth-order valence-corrected chi connectivity index (χ4v) is 3.36. The normalized spacial score (nSPS) is 15.2. The van der Waals surface area contributed by atoms with Gasteiger partial charge in [-0.1, -0.05) is 30.3 Å². The second-order valence-electron chi connectivity index (χ2n) is 6.30. The van der Waals surface area contributed by atoms with Crippen molar-refractivity contribution in [2.24, 2.45) is 5.92 Å². The second-order valence-corrected chi connectivity index (χ2v) is 6.30. The van der Waals surface area contributed by atoms with E-state index in [2.05, 4.69) is 39.6 Å². The van der Waals surface area contributed by atoms with Gasteiger partial charge in [-0.3, -0.25) is 10.1 Å². The fourth-order valence-electron chi connectivity index (χ4n) is 3.36. The molecule has 0 spiro atoms. The van der Waals surface area contributed by atoms with Crippen LogP contribution in [0.3, 0.4) is 0 Å². The molecule has 25 heavy (non-hydrogen) atoms. The summed E-state index contributed by atoms with van der Waals surface area (Å²) in [6, 6.07) is 10.5. The minimum Gasteiger partial charge on any atom is -0.364 e. The average Bonchev–Trinajstić information content (AvgIpc) is 2.63. The largest absolute Gasteiger partial charge is 0.364 e. The molecule has 7 heteroatoms. The molecule has 132 valence electrons. The molecule has 1 aromatic carbocycles. The van der Waals surface area contributed by atoms with Crippen LogP contribution in [-0.4, -0.2) is 34.5 Å². The van der Waals surface area contributed by atoms with Gasteiger partial charge in [0.25, 0.3) is 0 Å². The molecule has 3 rings (SSSR count). The fraction of sp³-hybridized carbons (Fsp3) is 0.444. The predicted octanol–water partition coefficient (Wildman–Crippen LogP) is 3.28. The number of hydrogen-bond donors (Lipinski definition) is 1. The van der Waals surface area contributed by atoms with Gasteiger partial charge < -0.3 is 10.2 Å². The summed E-state index contributed by atoms with van der Waals surface area (Å²) in [5, 5.41) is 14.5. The SMILES string of the molecule is CCNc1ncnc(N2CCC(Cc3ccccc3)CC2)c1[N+](=O)[O-]. The first-order chi connectivity index (χ1) is 12.2. The van der Waals surface area contributed by atoms with Gasteiger partial charge in [-0.15, -0.1) is 0 Å². The van der Waals surface area contributed by atoms with Crippen LogP contribution in [0.15, 0.2) is 36.7 Å². The summed E-state index contributed by atoms with van der Waals surface area (Å²) in [6.45, 7) is 4.03. The van der Waals surface area contributed by atoms with Gasteiger partial charge in [-0.05, 0) is 37.7 Å². The van der Waals surface area contributed by atoms with Gasteiger partial charge in [0.2, 0.25) is 11.6 Å². The van der Waals surface area contributed by atoms with Gasteiger partial charge in [-0.2, -0.15) is 0 Å². The van der Waals surface area contributed by atoms with Crippen LogP contribution in [0.1, 0.15) is 25.3 Å². The highest BCUT2D eigenvalue weighted by Gasteiger charge is 2.29. The lowest BCUT2D eigenvalue weighted by Crippen LogP contribution is -2.35. The molecule has 0 amide bonds. The molecule has 1 fully saturated rings. The molecule has 1 N–H and O–H groups in total. The zero-order valence-electron chi connectivity index (χ0n) is 14.4. The number of nitrogens with zero attached hydrogens (tertiary/aromatic N) is 4. The first-order valence-corrected chi connectivity index (χ1v) is 8.71. The Morgan fingerprint density at radius 1 is 1.24 bits per heavy atom. The lowest BCUT2D eigenvalue weighted by molar-refractivity contribution is -0.383. The molecule has 2 heterocycles. The van der Waals surface area contributed by atoms with E-state index in [-0.39, 0.29) is 10.6 Å². The Hall–Kier alpha value is -2.70. The van der Waals surface area contributed by atoms with Gasteiger partial charge in [0.05, 0.1) is 4.92 Å². The van der Waals surface area contributed by atoms with E-state index in [1.54, 1.807) is 0 Å². The number of rotatable bonds is 6. The number of nitro groups is 1. The third-order valence-corrected chi connectivity index (χ3v) is 4.61. The summed E-state index contributed by atoms with van der Waals surface area (Å²) in [5.74, 6) is 1.32. The molecule has 1 aliphatic rings. The second kappa shape index (κ2) is 7.92. The van der Waals surface area contributed by atoms with E-state index in [1.807, 2.05) is 17.9 Å². The van der Waals surface area contributed by atoms with Crippen LogP contribution < -0.4 is 10.2 Å². The highest BCUT2D eigenvalue weighted by atomic mass is 16.6. The Morgan fingerprint density at radius 2 is 1.96 bits per heavy atom. The van der Waals surface area contributed by atoms with E-state index in [9.17, 15) is 10.1 Å². The van der Waals surface area contributed by atoms with Crippen molar-refractivity contribution >= 4 is 17.3 Å². The van der Waals surface area contributed by atoms with Gasteiger partial charge in [0.1, 0.15) is 6.33 Å². The number of piperidine rings is 1. The summed E-state index contributed by atoms with van der Waals surface area (Å²) >= 11 is 0. The van der Waals surface area contributed by atoms with E-state index in [0.29, 0.717) is 24.1 Å². The molecular weight excluding hydrogens is 318 g/mol. The van der Waals surface area contributed by atoms with Gasteiger partial charge in [-0.25, -0.2) is 9.97 Å². The summed E-state index contributed by atoms with van der Waals surface area (Å²) in [5.41, 5.74) is 1.33. The maximum atomic E-state index is 11.5. The summed E-state index contributed by atoms with van der Waals surface area (Å²) < 4.78 is 0. The number of aromatic nitrogens is 2. The molecule has 1 saturated heterocycles. The third-order valence-electron chi connectivity index (χ3n) is 4.61. The standard InChI is InChI=1S/C18H23N5O2/c1-2-19-17-16(23(24)25)18(21-13-20-17)22-10-8-15(9-11-22)12-14-6-4-3-5-7-14/h3-7,13,15H,2,8-12H2,1H3,(H,19,20,21). The summed E-state index contributed by atoms with van der Waals surface area (Å²) in [7, 11) is 0. The maximum absolute atomic E-state index is 11.5. The van der Waals surface area contributed by atoms with Crippen LogP contribution in [0.2, 0.25) is 0 Å². The third kappa shape index (κ3) is 4.04. The van der Waals surface area contributed by atoms with Crippen molar-refractivity contribution in [3.8, 4) is 0 Å². The van der Waals surface area contributed by atoms with Crippen molar-refractivity contribution in [1.29, 1.82) is 0 Å². The molecule has 0 aliphatic carbocycles. The van der Waals surface area contributed by atoms with E-state index in [4.69, 9.17) is 0 Å². The minimum atomic E-state index is -0.386.